The van der Waals surface area contributed by atoms with E-state index >= 15 is 0 Å². The molecule has 7 heteroatoms. The van der Waals surface area contributed by atoms with Crippen molar-refractivity contribution in [3.05, 3.63) is 35.4 Å². The summed E-state index contributed by atoms with van der Waals surface area (Å²) in [6.45, 7) is 3.36. The van der Waals surface area contributed by atoms with E-state index < -0.39 is 41.9 Å². The van der Waals surface area contributed by atoms with Crippen LogP contribution in [-0.4, -0.2) is 53.6 Å². The van der Waals surface area contributed by atoms with E-state index in [-0.39, 0.29) is 12.5 Å². The van der Waals surface area contributed by atoms with E-state index in [0.717, 1.165) is 11.1 Å². The minimum atomic E-state index is -1.49. The van der Waals surface area contributed by atoms with E-state index in [1.165, 1.54) is 12.0 Å². The molecule has 2 aliphatic heterocycles. The number of ether oxygens (including phenoxy) is 1. The van der Waals surface area contributed by atoms with E-state index in [1.807, 2.05) is 31.2 Å². The SMILES string of the molecule is CCN1C(=O)[C@@H]2[C@@H](C1=O)[C@](CO)(C(=O)OC)[NH2+][C@H]2c1ccc(C)cc1. The van der Waals surface area contributed by atoms with Crippen LogP contribution in [0.25, 0.3) is 0 Å². The number of nitrogens with zero attached hydrogens (tertiary/aromatic N) is 1. The zero-order valence-electron chi connectivity index (χ0n) is 14.6. The summed E-state index contributed by atoms with van der Waals surface area (Å²) >= 11 is 0. The molecule has 0 spiro atoms. The normalized spacial score (nSPS) is 31.4. The van der Waals surface area contributed by atoms with Crippen molar-refractivity contribution >= 4 is 17.8 Å². The molecule has 1 aromatic rings. The quantitative estimate of drug-likeness (QED) is 0.545. The first kappa shape index (κ1) is 17.6. The van der Waals surface area contributed by atoms with E-state index in [2.05, 4.69) is 0 Å². The molecule has 2 aliphatic rings. The summed E-state index contributed by atoms with van der Waals surface area (Å²) in [7, 11) is 1.22. The average molecular weight is 347 g/mol. The summed E-state index contributed by atoms with van der Waals surface area (Å²) in [5.41, 5.74) is 0.425. The molecule has 2 fully saturated rings. The average Bonchev–Trinajstić information content (AvgIpc) is 3.10. The zero-order valence-corrected chi connectivity index (χ0v) is 14.6. The number of imide groups is 1. The number of hydrogen-bond donors (Lipinski definition) is 2. The van der Waals surface area contributed by atoms with Crippen molar-refractivity contribution in [3.63, 3.8) is 0 Å². The highest BCUT2D eigenvalue weighted by Crippen LogP contribution is 2.44. The van der Waals surface area contributed by atoms with Crippen LogP contribution in [0.2, 0.25) is 0 Å². The first-order valence-corrected chi connectivity index (χ1v) is 8.38. The Morgan fingerprint density at radius 1 is 1.28 bits per heavy atom. The highest BCUT2D eigenvalue weighted by molar-refractivity contribution is 6.08. The number of aryl methyl sites for hydroxylation is 1. The molecule has 3 N–H and O–H groups in total. The number of aliphatic hydroxyl groups excluding tert-OH is 1. The van der Waals surface area contributed by atoms with E-state index in [4.69, 9.17) is 4.74 Å². The molecule has 1 aromatic carbocycles. The molecule has 2 heterocycles. The molecule has 0 unspecified atom stereocenters. The maximum atomic E-state index is 12.8. The molecule has 3 rings (SSSR count). The first-order valence-electron chi connectivity index (χ1n) is 8.38. The van der Waals surface area contributed by atoms with E-state index in [0.29, 0.717) is 0 Å². The maximum absolute atomic E-state index is 12.8. The lowest BCUT2D eigenvalue weighted by Gasteiger charge is -2.27. The van der Waals surface area contributed by atoms with Gasteiger partial charge >= 0.3 is 5.97 Å². The van der Waals surface area contributed by atoms with Crippen LogP contribution in [0.4, 0.5) is 0 Å². The standard InChI is InChI=1S/C18H22N2O5/c1-4-20-15(22)12-13(16(20)23)18(9-21,17(24)25-3)19-14(12)11-7-5-10(2)6-8-11/h5-8,12-14,19,21H,4,9H2,1-3H3/p+1/t12-,13+,14+,18-/m1/s1. The summed E-state index contributed by atoms with van der Waals surface area (Å²) in [4.78, 5) is 39.3. The number of methoxy groups -OCH3 is 1. The number of carbonyl (C=O) groups is 3. The lowest BCUT2D eigenvalue weighted by molar-refractivity contribution is -0.735. The molecule has 0 radical (unpaired) electrons. The topological polar surface area (TPSA) is 101 Å². The molecule has 0 saturated carbocycles. The van der Waals surface area contributed by atoms with E-state index in [9.17, 15) is 19.5 Å². The van der Waals surface area contributed by atoms with Crippen molar-refractivity contribution in [1.82, 2.24) is 4.90 Å². The Morgan fingerprint density at radius 3 is 2.44 bits per heavy atom. The summed E-state index contributed by atoms with van der Waals surface area (Å²) in [5.74, 6) is -3.01. The highest BCUT2D eigenvalue weighted by Gasteiger charge is 2.72. The smallest absolute Gasteiger partial charge is 0.371 e. The van der Waals surface area contributed by atoms with Gasteiger partial charge in [0.15, 0.2) is 0 Å². The zero-order chi connectivity index (χ0) is 18.4. The molecule has 25 heavy (non-hydrogen) atoms. The van der Waals surface area contributed by atoms with E-state index in [1.54, 1.807) is 12.2 Å². The fourth-order valence-electron chi connectivity index (χ4n) is 4.19. The predicted molar refractivity (Wildman–Crippen MR) is 87.1 cm³/mol. The number of quaternary nitrogens is 1. The van der Waals surface area contributed by atoms with Crippen LogP contribution in [0.1, 0.15) is 24.1 Å². The second-order valence-corrected chi connectivity index (χ2v) is 6.72. The van der Waals surface area contributed by atoms with Gasteiger partial charge in [0, 0.05) is 12.1 Å². The van der Waals surface area contributed by atoms with Gasteiger partial charge in [-0.3, -0.25) is 14.5 Å². The Kier molecular flexibility index (Phi) is 4.38. The van der Waals surface area contributed by atoms with Crippen LogP contribution < -0.4 is 5.32 Å². The molecule has 2 saturated heterocycles. The van der Waals surface area contributed by atoms with Gasteiger partial charge in [0.25, 0.3) is 0 Å². The van der Waals surface area contributed by atoms with Crippen LogP contribution in [0.3, 0.4) is 0 Å². The van der Waals surface area contributed by atoms with Crippen molar-refractivity contribution in [2.24, 2.45) is 11.8 Å². The number of likely N-dealkylation sites (tertiary alicyclic amines) is 1. The van der Waals surface area contributed by atoms with Crippen LogP contribution in [0, 0.1) is 18.8 Å². The van der Waals surface area contributed by atoms with Gasteiger partial charge < -0.3 is 15.2 Å². The summed E-state index contributed by atoms with van der Waals surface area (Å²) in [6, 6.07) is 7.21. The Morgan fingerprint density at radius 2 is 1.92 bits per heavy atom. The number of rotatable bonds is 4. The molecular formula is C18H23N2O5+. The third kappa shape index (κ3) is 2.38. The molecule has 134 valence electrons. The number of carbonyl (C=O) groups excluding carboxylic acids is 3. The number of nitrogens with two attached hydrogens (primary N) is 1. The van der Waals surface area contributed by atoms with Gasteiger partial charge in [0.1, 0.15) is 24.5 Å². The Bertz CT molecular complexity index is 717. The molecule has 0 bridgehead atoms. The summed E-state index contributed by atoms with van der Waals surface area (Å²) in [5, 5.41) is 11.7. The van der Waals surface area contributed by atoms with Gasteiger partial charge in [0.2, 0.25) is 17.4 Å². The molecule has 0 aromatic heterocycles. The highest BCUT2D eigenvalue weighted by atomic mass is 16.5. The van der Waals surface area contributed by atoms with Gasteiger partial charge in [-0.25, -0.2) is 4.79 Å². The minimum absolute atomic E-state index is 0.244. The molecule has 0 aliphatic carbocycles. The van der Waals surface area contributed by atoms with Gasteiger partial charge in [-0.15, -0.1) is 0 Å². The van der Waals surface area contributed by atoms with Crippen LogP contribution >= 0.6 is 0 Å². The second-order valence-electron chi connectivity index (χ2n) is 6.72. The van der Waals surface area contributed by atoms with Gasteiger partial charge in [-0.05, 0) is 13.8 Å². The number of fused-ring (bicyclic) bond motifs is 1. The predicted octanol–water partition coefficient (Wildman–Crippen LogP) is -0.862. The summed E-state index contributed by atoms with van der Waals surface area (Å²) < 4.78 is 4.88. The minimum Gasteiger partial charge on any atom is -0.464 e. The number of aliphatic hydroxyl groups is 1. The second kappa shape index (κ2) is 6.24. The lowest BCUT2D eigenvalue weighted by Crippen LogP contribution is -2.99. The third-order valence-electron chi connectivity index (χ3n) is 5.47. The third-order valence-corrected chi connectivity index (χ3v) is 5.47. The van der Waals surface area contributed by atoms with Crippen molar-refractivity contribution in [2.45, 2.75) is 25.4 Å². The van der Waals surface area contributed by atoms with Gasteiger partial charge in [-0.2, -0.15) is 0 Å². The molecular weight excluding hydrogens is 324 g/mol. The Hall–Kier alpha value is -2.25. The number of amides is 2. The van der Waals surface area contributed by atoms with Gasteiger partial charge in [-0.1, -0.05) is 29.8 Å². The molecule has 2 amide bonds. The lowest BCUT2D eigenvalue weighted by atomic mass is 9.79. The monoisotopic (exact) mass is 347 g/mol. The number of hydrogen-bond acceptors (Lipinski definition) is 5. The number of esters is 1. The number of benzene rings is 1. The van der Waals surface area contributed by atoms with Crippen molar-refractivity contribution < 1.29 is 29.5 Å². The summed E-state index contributed by atoms with van der Waals surface area (Å²) in [6.07, 6.45) is 0. The Balaban J connectivity index is 2.13. The van der Waals surface area contributed by atoms with Gasteiger partial charge in [0.05, 0.1) is 7.11 Å². The molecule has 4 atom stereocenters. The maximum Gasteiger partial charge on any atom is 0.371 e. The van der Waals surface area contributed by atoms with Crippen molar-refractivity contribution in [2.75, 3.05) is 20.3 Å². The fourth-order valence-corrected chi connectivity index (χ4v) is 4.19. The van der Waals surface area contributed by atoms with Crippen molar-refractivity contribution in [1.29, 1.82) is 0 Å². The largest absolute Gasteiger partial charge is 0.464 e. The first-order chi connectivity index (χ1) is 11.9. The van der Waals surface area contributed by atoms with Crippen molar-refractivity contribution in [3.8, 4) is 0 Å². The molecule has 7 nitrogen and oxygen atoms in total. The van der Waals surface area contributed by atoms with Crippen LogP contribution in [0.15, 0.2) is 24.3 Å². The Labute approximate surface area is 146 Å². The van der Waals surface area contributed by atoms with Crippen LogP contribution in [-0.2, 0) is 19.1 Å². The fraction of sp³-hybridized carbons (Fsp3) is 0.500. The van der Waals surface area contributed by atoms with Crippen LogP contribution in [0.5, 0.6) is 0 Å².